The van der Waals surface area contributed by atoms with Gasteiger partial charge in [0, 0.05) is 17.5 Å². The predicted molar refractivity (Wildman–Crippen MR) is 72.5 cm³/mol. The number of hydrogen-bond acceptors (Lipinski definition) is 2. The third-order valence-electron chi connectivity index (χ3n) is 2.48. The average molecular weight is 275 g/mol. The van der Waals surface area contributed by atoms with E-state index in [1.165, 1.54) is 0 Å². The van der Waals surface area contributed by atoms with Gasteiger partial charge in [-0.2, -0.15) is 0 Å². The lowest BCUT2D eigenvalue weighted by Gasteiger charge is -2.15. The molecule has 5 heteroatoms. The zero-order chi connectivity index (χ0) is 13.0. The molecule has 0 aliphatic rings. The summed E-state index contributed by atoms with van der Waals surface area (Å²) in [5.41, 5.74) is 6.37. The lowest BCUT2D eigenvalue weighted by atomic mass is 10.0. The lowest BCUT2D eigenvalue weighted by Crippen LogP contribution is -2.31. The number of carbonyl (C=O) groups excluding carboxylic acids is 1. The Hall–Kier alpha value is -0.770. The van der Waals surface area contributed by atoms with Gasteiger partial charge in [0.2, 0.25) is 5.91 Å². The second-order valence-electron chi connectivity index (χ2n) is 4.28. The zero-order valence-electron chi connectivity index (χ0n) is 9.84. The van der Waals surface area contributed by atoms with Crippen molar-refractivity contribution in [3.05, 3.63) is 28.2 Å². The molecule has 3 N–H and O–H groups in total. The van der Waals surface area contributed by atoms with Crippen LogP contribution in [0.2, 0.25) is 10.0 Å². The molecule has 0 saturated heterocycles. The Balaban J connectivity index is 2.62. The minimum Gasteiger partial charge on any atom is -0.327 e. The molecular formula is C12H16Cl2N2O. The Kier molecular flexibility index (Phi) is 5.25. The van der Waals surface area contributed by atoms with Crippen LogP contribution in [-0.4, -0.2) is 11.9 Å². The largest absolute Gasteiger partial charge is 0.327 e. The molecule has 1 unspecified atom stereocenters. The van der Waals surface area contributed by atoms with E-state index in [0.29, 0.717) is 15.7 Å². The lowest BCUT2D eigenvalue weighted by molar-refractivity contribution is -0.116. The molecule has 1 amide bonds. The number of rotatable bonds is 4. The Labute approximate surface area is 111 Å². The van der Waals surface area contributed by atoms with Crippen molar-refractivity contribution in [3.63, 3.8) is 0 Å². The molecule has 0 aliphatic heterocycles. The molecule has 0 heterocycles. The van der Waals surface area contributed by atoms with Crippen molar-refractivity contribution in [1.29, 1.82) is 0 Å². The zero-order valence-corrected chi connectivity index (χ0v) is 11.3. The Morgan fingerprint density at radius 3 is 2.59 bits per heavy atom. The van der Waals surface area contributed by atoms with Crippen molar-refractivity contribution >= 4 is 34.8 Å². The van der Waals surface area contributed by atoms with E-state index < -0.39 is 0 Å². The first-order chi connectivity index (χ1) is 7.90. The van der Waals surface area contributed by atoms with Gasteiger partial charge in [0.25, 0.3) is 0 Å². The second kappa shape index (κ2) is 6.24. The first-order valence-electron chi connectivity index (χ1n) is 5.40. The van der Waals surface area contributed by atoms with E-state index >= 15 is 0 Å². The minimum absolute atomic E-state index is 0.143. The smallest absolute Gasteiger partial charge is 0.225 e. The fourth-order valence-electron chi connectivity index (χ4n) is 1.24. The van der Waals surface area contributed by atoms with Gasteiger partial charge in [0.1, 0.15) is 0 Å². The Morgan fingerprint density at radius 2 is 2.06 bits per heavy atom. The van der Waals surface area contributed by atoms with E-state index in [-0.39, 0.29) is 24.3 Å². The maximum absolute atomic E-state index is 11.7. The molecule has 0 radical (unpaired) electrons. The van der Waals surface area contributed by atoms with Gasteiger partial charge in [0.15, 0.2) is 0 Å². The third kappa shape index (κ3) is 4.54. The summed E-state index contributed by atoms with van der Waals surface area (Å²) in [6.45, 7) is 3.96. The molecule has 1 atom stereocenters. The molecule has 1 aromatic carbocycles. The number of carbonyl (C=O) groups is 1. The number of anilines is 1. The van der Waals surface area contributed by atoms with Gasteiger partial charge in [0.05, 0.1) is 10.7 Å². The van der Waals surface area contributed by atoms with Crippen LogP contribution in [0.1, 0.15) is 20.3 Å². The summed E-state index contributed by atoms with van der Waals surface area (Å²) in [6, 6.07) is 4.77. The van der Waals surface area contributed by atoms with Crippen molar-refractivity contribution in [3.8, 4) is 0 Å². The summed E-state index contributed by atoms with van der Waals surface area (Å²) < 4.78 is 0. The van der Waals surface area contributed by atoms with Gasteiger partial charge < -0.3 is 11.1 Å². The van der Waals surface area contributed by atoms with Crippen LogP contribution in [0.15, 0.2) is 18.2 Å². The molecule has 0 aliphatic carbocycles. The number of nitrogens with two attached hydrogens (primary N) is 1. The maximum atomic E-state index is 11.7. The van der Waals surface area contributed by atoms with E-state index in [1.54, 1.807) is 18.2 Å². The molecule has 0 fully saturated rings. The van der Waals surface area contributed by atoms with E-state index in [4.69, 9.17) is 28.9 Å². The van der Waals surface area contributed by atoms with Crippen molar-refractivity contribution in [2.45, 2.75) is 26.3 Å². The number of benzene rings is 1. The van der Waals surface area contributed by atoms with Crippen LogP contribution in [0.3, 0.4) is 0 Å². The average Bonchev–Trinajstić information content (AvgIpc) is 2.22. The van der Waals surface area contributed by atoms with Crippen LogP contribution >= 0.6 is 23.2 Å². The maximum Gasteiger partial charge on any atom is 0.225 e. The molecule has 0 bridgehead atoms. The van der Waals surface area contributed by atoms with Crippen LogP contribution in [0.4, 0.5) is 5.69 Å². The number of amides is 1. The minimum atomic E-state index is -0.152. The monoisotopic (exact) mass is 274 g/mol. The van der Waals surface area contributed by atoms with Crippen LogP contribution in [0, 0.1) is 5.92 Å². The fraction of sp³-hybridized carbons (Fsp3) is 0.417. The van der Waals surface area contributed by atoms with E-state index in [0.717, 1.165) is 0 Å². The highest BCUT2D eigenvalue weighted by molar-refractivity contribution is 6.36. The number of nitrogens with one attached hydrogen (secondary N) is 1. The Bertz CT molecular complexity index is 407. The van der Waals surface area contributed by atoms with Gasteiger partial charge in [-0.15, -0.1) is 0 Å². The van der Waals surface area contributed by atoms with Crippen LogP contribution in [0.25, 0.3) is 0 Å². The fourth-order valence-corrected chi connectivity index (χ4v) is 1.70. The summed E-state index contributed by atoms with van der Waals surface area (Å²) in [5, 5.41) is 3.67. The van der Waals surface area contributed by atoms with E-state index in [1.807, 2.05) is 13.8 Å². The standard InChI is InChI=1S/C12H16Cl2N2O/c1-7(2)10(15)6-12(17)16-11-4-3-8(13)5-9(11)14/h3-5,7,10H,6,15H2,1-2H3,(H,16,17). The summed E-state index contributed by atoms with van der Waals surface area (Å²) in [5.74, 6) is 0.122. The van der Waals surface area contributed by atoms with Gasteiger partial charge in [-0.25, -0.2) is 0 Å². The van der Waals surface area contributed by atoms with E-state index in [9.17, 15) is 4.79 Å². The van der Waals surface area contributed by atoms with Crippen molar-refractivity contribution in [2.24, 2.45) is 11.7 Å². The molecule has 0 spiro atoms. The molecule has 0 saturated carbocycles. The quantitative estimate of drug-likeness (QED) is 0.885. The molecular weight excluding hydrogens is 259 g/mol. The predicted octanol–water partition coefficient (Wildman–Crippen LogP) is 3.31. The molecule has 1 rings (SSSR count). The van der Waals surface area contributed by atoms with Gasteiger partial charge >= 0.3 is 0 Å². The number of halogens is 2. The highest BCUT2D eigenvalue weighted by Gasteiger charge is 2.13. The highest BCUT2D eigenvalue weighted by Crippen LogP contribution is 2.25. The molecule has 94 valence electrons. The van der Waals surface area contributed by atoms with Crippen LogP contribution in [0.5, 0.6) is 0 Å². The SMILES string of the molecule is CC(C)C(N)CC(=O)Nc1ccc(Cl)cc1Cl. The van der Waals surface area contributed by atoms with E-state index in [2.05, 4.69) is 5.32 Å². The first-order valence-corrected chi connectivity index (χ1v) is 6.16. The Morgan fingerprint density at radius 1 is 1.41 bits per heavy atom. The van der Waals surface area contributed by atoms with Gasteiger partial charge in [-0.3, -0.25) is 4.79 Å². The second-order valence-corrected chi connectivity index (χ2v) is 5.13. The molecule has 17 heavy (non-hydrogen) atoms. The summed E-state index contributed by atoms with van der Waals surface area (Å²) >= 11 is 11.7. The molecule has 1 aromatic rings. The number of hydrogen-bond donors (Lipinski definition) is 2. The molecule has 0 aromatic heterocycles. The van der Waals surface area contributed by atoms with Crippen LogP contribution in [-0.2, 0) is 4.79 Å². The molecule has 3 nitrogen and oxygen atoms in total. The van der Waals surface area contributed by atoms with Crippen LogP contribution < -0.4 is 11.1 Å². The van der Waals surface area contributed by atoms with Gasteiger partial charge in [-0.1, -0.05) is 37.0 Å². The highest BCUT2D eigenvalue weighted by atomic mass is 35.5. The summed E-state index contributed by atoms with van der Waals surface area (Å²) in [4.78, 5) is 11.7. The van der Waals surface area contributed by atoms with Gasteiger partial charge in [-0.05, 0) is 24.1 Å². The van der Waals surface area contributed by atoms with Crippen molar-refractivity contribution in [1.82, 2.24) is 0 Å². The van der Waals surface area contributed by atoms with Crippen molar-refractivity contribution < 1.29 is 4.79 Å². The summed E-state index contributed by atoms with van der Waals surface area (Å²) in [6.07, 6.45) is 0.274. The van der Waals surface area contributed by atoms with Crippen molar-refractivity contribution in [2.75, 3.05) is 5.32 Å². The third-order valence-corrected chi connectivity index (χ3v) is 3.03. The first kappa shape index (κ1) is 14.3. The summed E-state index contributed by atoms with van der Waals surface area (Å²) in [7, 11) is 0. The topological polar surface area (TPSA) is 55.1 Å². The normalized spacial score (nSPS) is 12.6.